The van der Waals surface area contributed by atoms with E-state index in [-0.39, 0.29) is 122 Å². The van der Waals surface area contributed by atoms with Crippen LogP contribution >= 0.6 is 0 Å². The smallest absolute Gasteiger partial charge is 0.870 e. The van der Waals surface area contributed by atoms with Crippen molar-refractivity contribution in [2.45, 2.75) is 0 Å². The van der Waals surface area contributed by atoms with Gasteiger partial charge in [0.15, 0.2) is 0 Å². The van der Waals surface area contributed by atoms with E-state index in [0.29, 0.717) is 0 Å². The van der Waals surface area contributed by atoms with Gasteiger partial charge in [0.25, 0.3) is 0 Å². The summed E-state index contributed by atoms with van der Waals surface area (Å²) in [4.78, 5) is 0. The third-order valence-electron chi connectivity index (χ3n) is 0. The summed E-state index contributed by atoms with van der Waals surface area (Å²) in [7, 11) is 0. The van der Waals surface area contributed by atoms with Crippen molar-refractivity contribution in [3.63, 3.8) is 0 Å². The van der Waals surface area contributed by atoms with Crippen molar-refractivity contribution >= 4 is 48.9 Å². The van der Waals surface area contributed by atoms with Crippen molar-refractivity contribution in [1.82, 2.24) is 0 Å². The van der Waals surface area contributed by atoms with Crippen LogP contribution in [0.15, 0.2) is 0 Å². The normalized spacial score (nSPS) is 0. The van der Waals surface area contributed by atoms with Crippen LogP contribution in [0.4, 0.5) is 0 Å². The fraction of sp³-hybridized carbons (Fsp3) is 0. The van der Waals surface area contributed by atoms with E-state index in [4.69, 9.17) is 0 Å². The molecule has 0 aliphatic heterocycles. The first kappa shape index (κ1) is 287. The molecule has 0 radical (unpaired) electrons. The molecule has 0 bridgehead atoms. The van der Waals surface area contributed by atoms with Gasteiger partial charge >= 0.3 is 48.9 Å². The molecule has 0 heterocycles. The van der Waals surface area contributed by atoms with E-state index in [2.05, 4.69) is 0 Å². The monoisotopic (exact) mass is 366 g/mol. The summed E-state index contributed by atoms with van der Waals surface area (Å²) < 4.78 is 0. The summed E-state index contributed by atoms with van der Waals surface area (Å²) in [5.74, 6) is 0. The van der Waals surface area contributed by atoms with Crippen molar-refractivity contribution < 1.29 is 73.1 Å². The standard InChI is InChI=1S/Ba.2Cr.7H2O/h;;;7*1H2/q+2;;;;;;;;;/p-2. The first-order valence-corrected chi connectivity index (χ1v) is 0. The quantitative estimate of drug-likeness (QED) is 0.385. The predicted octanol–water partition coefficient (Wildman–Crippen LogP) is -4.86. The molecule has 7 nitrogen and oxygen atoms in total. The zero-order valence-corrected chi connectivity index (χ0v) is 11.9. The summed E-state index contributed by atoms with van der Waals surface area (Å²) in [5.41, 5.74) is 0. The first-order chi connectivity index (χ1) is 0. The molecule has 0 amide bonds. The Kier molecular flexibility index (Phi) is 6300. The van der Waals surface area contributed by atoms with E-state index in [1.165, 1.54) is 0 Å². The summed E-state index contributed by atoms with van der Waals surface area (Å²) >= 11 is 0. The fourth-order valence-electron chi connectivity index (χ4n) is 0. The Hall–Kier alpha value is 2.36. The average Bonchev–Trinajstić information content (AvgIpc) is 0. The minimum atomic E-state index is 0. The molecule has 0 spiro atoms. The maximum atomic E-state index is 0. The molecule has 0 saturated carbocycles. The third kappa shape index (κ3) is 163. The Morgan fingerprint density at radius 1 is 0.400 bits per heavy atom. The molecule has 0 aliphatic carbocycles. The van der Waals surface area contributed by atoms with E-state index in [0.717, 1.165) is 0 Å². The van der Waals surface area contributed by atoms with Crippen molar-refractivity contribution in [2.75, 3.05) is 0 Å². The van der Waals surface area contributed by atoms with Crippen molar-refractivity contribution in [3.05, 3.63) is 0 Å². The third-order valence-corrected chi connectivity index (χ3v) is 0. The predicted molar refractivity (Wildman–Crippen MR) is 27.7 cm³/mol. The molecular weight excluding hydrogens is 353 g/mol. The topological polar surface area (TPSA) is 218 Å². The van der Waals surface area contributed by atoms with Gasteiger partial charge in [0.2, 0.25) is 0 Å². The van der Waals surface area contributed by atoms with Gasteiger partial charge < -0.3 is 38.3 Å². The molecule has 0 saturated heterocycles. The number of hydrogen-bond donors (Lipinski definition) is 0. The van der Waals surface area contributed by atoms with Gasteiger partial charge in [0, 0.05) is 34.7 Å². The van der Waals surface area contributed by atoms with Crippen molar-refractivity contribution in [3.8, 4) is 0 Å². The molecule has 0 aromatic rings. The second kappa shape index (κ2) is 219. The summed E-state index contributed by atoms with van der Waals surface area (Å²) in [5, 5.41) is 0. The van der Waals surface area contributed by atoms with Gasteiger partial charge in [-0.3, -0.25) is 0 Å². The second-order valence-electron chi connectivity index (χ2n) is 0. The average molecular weight is 365 g/mol. The van der Waals surface area contributed by atoms with Crippen LogP contribution in [0.25, 0.3) is 0 Å². The largest absolute Gasteiger partial charge is 2.00 e. The number of rotatable bonds is 0. The maximum Gasteiger partial charge on any atom is 2.00 e. The van der Waals surface area contributed by atoms with Gasteiger partial charge in [0.05, 0.1) is 0 Å². The fourth-order valence-corrected chi connectivity index (χ4v) is 0. The molecule has 10 heteroatoms. The molecule has 10 heavy (non-hydrogen) atoms. The molecule has 0 aromatic carbocycles. The summed E-state index contributed by atoms with van der Waals surface area (Å²) in [6, 6.07) is 0. The van der Waals surface area contributed by atoms with Gasteiger partial charge in [-0.25, -0.2) is 0 Å². The molecule has 0 rings (SSSR count). The molecule has 12 N–H and O–H groups in total. The Balaban J connectivity index is 0. The van der Waals surface area contributed by atoms with Crippen LogP contribution in [0.5, 0.6) is 0 Å². The molecular formula is H12BaCr2O7. The first-order valence-electron chi connectivity index (χ1n) is 0. The van der Waals surface area contributed by atoms with Gasteiger partial charge in [-0.15, -0.1) is 0 Å². The maximum absolute atomic E-state index is 0. The van der Waals surface area contributed by atoms with Gasteiger partial charge in [0.1, 0.15) is 0 Å². The van der Waals surface area contributed by atoms with Crippen LogP contribution in [0.2, 0.25) is 0 Å². The SMILES string of the molecule is O.O.O.O.O.[Ba+2].[Cr].[Cr].[OH-].[OH-]. The molecule has 68 valence electrons. The van der Waals surface area contributed by atoms with Crippen LogP contribution in [-0.4, -0.2) is 87.2 Å². The zero-order chi connectivity index (χ0) is 0. The van der Waals surface area contributed by atoms with E-state index in [1.54, 1.807) is 0 Å². The van der Waals surface area contributed by atoms with Gasteiger partial charge in [-0.05, 0) is 0 Å². The Morgan fingerprint density at radius 2 is 0.400 bits per heavy atom. The minimum absolute atomic E-state index is 0. The van der Waals surface area contributed by atoms with Crippen LogP contribution in [0.1, 0.15) is 0 Å². The minimum Gasteiger partial charge on any atom is -0.870 e. The van der Waals surface area contributed by atoms with Crippen LogP contribution in [0.3, 0.4) is 0 Å². The van der Waals surface area contributed by atoms with E-state index in [9.17, 15) is 0 Å². The Labute approximate surface area is 120 Å². The Bertz CT molecular complexity index is 11.6. The molecule has 0 aliphatic rings. The van der Waals surface area contributed by atoms with Crippen molar-refractivity contribution in [1.29, 1.82) is 0 Å². The summed E-state index contributed by atoms with van der Waals surface area (Å²) in [6.07, 6.45) is 0. The molecule has 0 fully saturated rings. The zero-order valence-electron chi connectivity index (χ0n) is 4.92. The number of hydrogen-bond acceptors (Lipinski definition) is 2. The second-order valence-corrected chi connectivity index (χ2v) is 0. The van der Waals surface area contributed by atoms with E-state index in [1.807, 2.05) is 0 Å². The molecule has 0 unspecified atom stereocenters. The van der Waals surface area contributed by atoms with Crippen molar-refractivity contribution in [2.24, 2.45) is 0 Å². The van der Waals surface area contributed by atoms with E-state index < -0.39 is 0 Å². The van der Waals surface area contributed by atoms with Crippen LogP contribution in [-0.2, 0) is 34.7 Å². The molecule has 0 aromatic heterocycles. The van der Waals surface area contributed by atoms with Crippen LogP contribution in [0, 0.1) is 0 Å². The van der Waals surface area contributed by atoms with Crippen LogP contribution < -0.4 is 0 Å². The molecule has 0 atom stereocenters. The Morgan fingerprint density at radius 3 is 0.400 bits per heavy atom. The van der Waals surface area contributed by atoms with Gasteiger partial charge in [-0.1, -0.05) is 0 Å². The van der Waals surface area contributed by atoms with Gasteiger partial charge in [-0.2, -0.15) is 0 Å². The van der Waals surface area contributed by atoms with E-state index >= 15 is 0 Å². The summed E-state index contributed by atoms with van der Waals surface area (Å²) in [6.45, 7) is 0.